The molecule has 414 valence electrons. The Labute approximate surface area is 438 Å². The van der Waals surface area contributed by atoms with E-state index < -0.39 is 67.4 Å². The van der Waals surface area contributed by atoms with E-state index in [9.17, 15) is 35.1 Å². The van der Waals surface area contributed by atoms with Gasteiger partial charge in [0.15, 0.2) is 12.4 Å². The predicted molar refractivity (Wildman–Crippen MR) is 296 cm³/mol. The summed E-state index contributed by atoms with van der Waals surface area (Å²) in [5, 5.41) is 56.7. The maximum absolute atomic E-state index is 13.4. The van der Waals surface area contributed by atoms with Crippen LogP contribution in [0.15, 0.2) is 85.1 Å². The van der Waals surface area contributed by atoms with Crippen LogP contribution in [-0.4, -0.2) is 99.6 Å². The van der Waals surface area contributed by atoms with Gasteiger partial charge in [-0.25, -0.2) is 0 Å². The third-order valence-corrected chi connectivity index (χ3v) is 13.0. The highest BCUT2D eigenvalue weighted by molar-refractivity contribution is 5.80. The molecule has 72 heavy (non-hydrogen) atoms. The summed E-state index contributed by atoms with van der Waals surface area (Å²) in [4.78, 5) is 26.4. The smallest absolute Gasteiger partial charge is 0.306 e. The molecule has 8 atom stereocenters. The van der Waals surface area contributed by atoms with E-state index in [2.05, 4.69) is 86.8 Å². The van der Waals surface area contributed by atoms with Gasteiger partial charge >= 0.3 is 5.97 Å². The maximum atomic E-state index is 13.4. The first-order valence-electron chi connectivity index (χ1n) is 28.9. The molecule has 0 aromatic heterocycles. The molecule has 1 amide bonds. The fourth-order valence-electron chi connectivity index (χ4n) is 8.39. The van der Waals surface area contributed by atoms with Crippen molar-refractivity contribution >= 4 is 11.9 Å². The summed E-state index contributed by atoms with van der Waals surface area (Å²) in [6, 6.07) is -1.05. The molecule has 0 aromatic carbocycles. The van der Waals surface area contributed by atoms with Crippen molar-refractivity contribution in [2.45, 2.75) is 275 Å². The van der Waals surface area contributed by atoms with Gasteiger partial charge in [0.05, 0.1) is 25.4 Å². The molecule has 0 saturated carbocycles. The number of aliphatic hydroxyl groups is 5. The standard InChI is InChI=1S/C61H105NO10/c1-4-7-10-13-16-19-22-25-26-27-28-29-31-33-36-39-42-45-48-54(65)60(69)62-52(53(64)47-44-41-38-35-32-24-21-18-15-12-9-6-3)51-70-61-59(58(68)57(67)55(50-63)71-61)72-56(66)49-46-43-40-37-34-30-23-20-17-14-11-8-5-2/h16,19,25-26,28-30,33-34,36,40,43-44,47,52-55,57-59,61,63-65,67-68H,4-15,17-18,20-24,27,31-32,35,37-39,41-42,45-46,48-51H2,1-3H3,(H,62,69)/b19-16-,26-25-,29-28-,34-30-,36-33-,43-40+,47-44+. The van der Waals surface area contributed by atoms with Crippen molar-refractivity contribution in [3.05, 3.63) is 85.1 Å². The Balaban J connectivity index is 2.79. The number of aliphatic hydroxyl groups excluding tert-OH is 5. The van der Waals surface area contributed by atoms with Crippen molar-refractivity contribution in [3.63, 3.8) is 0 Å². The molecule has 6 N–H and O–H groups in total. The monoisotopic (exact) mass is 1010 g/mol. The van der Waals surface area contributed by atoms with E-state index in [0.717, 1.165) is 77.0 Å². The van der Waals surface area contributed by atoms with Crippen LogP contribution in [0.1, 0.15) is 226 Å². The van der Waals surface area contributed by atoms with Gasteiger partial charge in [-0.05, 0) is 89.9 Å². The zero-order valence-corrected chi connectivity index (χ0v) is 45.5. The van der Waals surface area contributed by atoms with Gasteiger partial charge in [0.25, 0.3) is 0 Å². The number of rotatable bonds is 47. The summed E-state index contributed by atoms with van der Waals surface area (Å²) in [6.45, 7) is 5.67. The maximum Gasteiger partial charge on any atom is 0.306 e. The molecule has 8 unspecified atom stereocenters. The van der Waals surface area contributed by atoms with Gasteiger partial charge in [0.1, 0.15) is 24.4 Å². The van der Waals surface area contributed by atoms with E-state index in [1.807, 2.05) is 18.2 Å². The Morgan fingerprint density at radius 1 is 0.542 bits per heavy atom. The van der Waals surface area contributed by atoms with Crippen LogP contribution in [0.2, 0.25) is 0 Å². The van der Waals surface area contributed by atoms with Gasteiger partial charge in [-0.3, -0.25) is 9.59 Å². The second kappa shape index (κ2) is 48.8. The lowest BCUT2D eigenvalue weighted by molar-refractivity contribution is -0.305. The lowest BCUT2D eigenvalue weighted by Crippen LogP contribution is -2.61. The van der Waals surface area contributed by atoms with E-state index in [1.165, 1.54) is 103 Å². The lowest BCUT2D eigenvalue weighted by Gasteiger charge is -2.41. The quantitative estimate of drug-likeness (QED) is 0.0196. The third-order valence-electron chi connectivity index (χ3n) is 13.0. The van der Waals surface area contributed by atoms with Crippen LogP contribution in [-0.2, 0) is 23.8 Å². The van der Waals surface area contributed by atoms with Crippen LogP contribution in [0.4, 0.5) is 0 Å². The molecule has 0 bridgehead atoms. The number of carbonyl (C=O) groups is 2. The highest BCUT2D eigenvalue weighted by atomic mass is 16.7. The van der Waals surface area contributed by atoms with Gasteiger partial charge in [0.2, 0.25) is 5.91 Å². The van der Waals surface area contributed by atoms with Crippen molar-refractivity contribution in [1.29, 1.82) is 0 Å². The first-order chi connectivity index (χ1) is 35.2. The average Bonchev–Trinajstić information content (AvgIpc) is 3.38. The topological polar surface area (TPSA) is 175 Å². The average molecular weight is 1010 g/mol. The molecule has 1 heterocycles. The first kappa shape index (κ1) is 66.9. The van der Waals surface area contributed by atoms with E-state index in [0.29, 0.717) is 12.8 Å². The van der Waals surface area contributed by atoms with Crippen molar-refractivity contribution in [1.82, 2.24) is 5.32 Å². The van der Waals surface area contributed by atoms with Crippen LogP contribution in [0.3, 0.4) is 0 Å². The SMILES string of the molecule is CCCCC/C=C\C/C=C\C/C=C\C/C=C\CCCCC(O)C(=O)NC(COC1OC(CO)C(O)C(O)C1OC(=O)CC/C=C/C/C=C\CCCCCCCC)C(O)/C=C/CCCCCCCCCCCC. The molecular weight excluding hydrogens is 907 g/mol. The minimum Gasteiger partial charge on any atom is -0.454 e. The third kappa shape index (κ3) is 36.7. The van der Waals surface area contributed by atoms with Gasteiger partial charge in [-0.2, -0.15) is 0 Å². The summed E-state index contributed by atoms with van der Waals surface area (Å²) >= 11 is 0. The van der Waals surface area contributed by atoms with E-state index >= 15 is 0 Å². The Bertz CT molecular complexity index is 1490. The number of carbonyl (C=O) groups excluding carboxylic acids is 2. The zero-order chi connectivity index (χ0) is 52.5. The summed E-state index contributed by atoms with van der Waals surface area (Å²) < 4.78 is 17.5. The van der Waals surface area contributed by atoms with E-state index in [1.54, 1.807) is 6.08 Å². The first-order valence-corrected chi connectivity index (χ1v) is 28.9. The number of hydrogen-bond donors (Lipinski definition) is 6. The minimum atomic E-state index is -1.64. The second-order valence-electron chi connectivity index (χ2n) is 19.7. The molecule has 11 nitrogen and oxygen atoms in total. The minimum absolute atomic E-state index is 0.0100. The predicted octanol–water partition coefficient (Wildman–Crippen LogP) is 13.0. The number of allylic oxidation sites excluding steroid dienone is 13. The summed E-state index contributed by atoms with van der Waals surface area (Å²) in [5.41, 5.74) is 0. The molecule has 0 spiro atoms. The van der Waals surface area contributed by atoms with E-state index in [-0.39, 0.29) is 19.4 Å². The lowest BCUT2D eigenvalue weighted by atomic mass is 9.99. The zero-order valence-electron chi connectivity index (χ0n) is 45.5. The number of esters is 1. The Morgan fingerprint density at radius 2 is 0.958 bits per heavy atom. The fraction of sp³-hybridized carbons (Fsp3) is 0.738. The molecule has 0 aromatic rings. The van der Waals surface area contributed by atoms with Crippen molar-refractivity contribution in [2.24, 2.45) is 0 Å². The number of ether oxygens (including phenoxy) is 3. The summed E-state index contributed by atoms with van der Waals surface area (Å²) in [5.74, 6) is -1.30. The largest absolute Gasteiger partial charge is 0.454 e. The normalized spacial score (nSPS) is 20.1. The Morgan fingerprint density at radius 3 is 1.46 bits per heavy atom. The fourth-order valence-corrected chi connectivity index (χ4v) is 8.39. The second-order valence-corrected chi connectivity index (χ2v) is 19.7. The van der Waals surface area contributed by atoms with Crippen LogP contribution < -0.4 is 5.32 Å². The molecule has 11 heteroatoms. The molecule has 1 fully saturated rings. The number of amides is 1. The Hall–Kier alpha value is -3.16. The van der Waals surface area contributed by atoms with Gasteiger partial charge in [-0.15, -0.1) is 0 Å². The number of nitrogens with one attached hydrogen (secondary N) is 1. The number of unbranched alkanes of at least 4 members (excludes halogenated alkanes) is 21. The van der Waals surface area contributed by atoms with Gasteiger partial charge < -0.3 is 45.1 Å². The molecular formula is C61H105NO10. The van der Waals surface area contributed by atoms with Crippen LogP contribution in [0.25, 0.3) is 0 Å². The molecule has 0 radical (unpaired) electrons. The van der Waals surface area contributed by atoms with Gasteiger partial charge in [-0.1, -0.05) is 215 Å². The van der Waals surface area contributed by atoms with Crippen LogP contribution in [0, 0.1) is 0 Å². The van der Waals surface area contributed by atoms with E-state index in [4.69, 9.17) is 14.2 Å². The summed E-state index contributed by atoms with van der Waals surface area (Å²) in [6.07, 6.45) is 52.1. The van der Waals surface area contributed by atoms with Crippen molar-refractivity contribution < 1.29 is 49.3 Å². The Kier molecular flexibility index (Phi) is 45.3. The molecule has 1 aliphatic heterocycles. The highest BCUT2D eigenvalue weighted by Gasteiger charge is 2.47. The van der Waals surface area contributed by atoms with Crippen molar-refractivity contribution in [2.75, 3.05) is 13.2 Å². The summed E-state index contributed by atoms with van der Waals surface area (Å²) in [7, 11) is 0. The van der Waals surface area contributed by atoms with Crippen LogP contribution >= 0.6 is 0 Å². The molecule has 1 aliphatic rings. The van der Waals surface area contributed by atoms with Crippen molar-refractivity contribution in [3.8, 4) is 0 Å². The number of hydrogen-bond acceptors (Lipinski definition) is 10. The molecule has 0 aliphatic carbocycles. The molecule has 1 saturated heterocycles. The van der Waals surface area contributed by atoms with Crippen LogP contribution in [0.5, 0.6) is 0 Å². The molecule has 1 rings (SSSR count). The van der Waals surface area contributed by atoms with Gasteiger partial charge in [0, 0.05) is 6.42 Å². The highest BCUT2D eigenvalue weighted by Crippen LogP contribution is 2.26.